The highest BCUT2D eigenvalue weighted by molar-refractivity contribution is 5.45. The number of ether oxygens (including phenoxy) is 2. The molecule has 0 atom stereocenters. The maximum absolute atomic E-state index is 8.82. The van der Waals surface area contributed by atoms with E-state index in [-0.39, 0.29) is 6.61 Å². The standard InChI is InChI=1S/C18H24O3/c1-20-18-11-10-15(7-5-6-12-19)16(13-18)14-21-17-8-3-2-4-9-17/h10-11,13,17,19H,2-4,6,8-9,12,14H2,1H3. The van der Waals surface area contributed by atoms with Crippen LogP contribution in [0, 0.1) is 11.8 Å². The summed E-state index contributed by atoms with van der Waals surface area (Å²) in [5, 5.41) is 8.82. The van der Waals surface area contributed by atoms with Crippen LogP contribution in [0.3, 0.4) is 0 Å². The van der Waals surface area contributed by atoms with Crippen LogP contribution >= 0.6 is 0 Å². The lowest BCUT2D eigenvalue weighted by Gasteiger charge is -2.22. The van der Waals surface area contributed by atoms with Crippen LogP contribution in [-0.4, -0.2) is 24.9 Å². The van der Waals surface area contributed by atoms with Crippen LogP contribution in [-0.2, 0) is 11.3 Å². The molecule has 1 aliphatic rings. The zero-order chi connectivity index (χ0) is 14.9. The van der Waals surface area contributed by atoms with Gasteiger partial charge >= 0.3 is 0 Å². The third-order valence-electron chi connectivity index (χ3n) is 3.80. The molecule has 1 fully saturated rings. The van der Waals surface area contributed by atoms with Gasteiger partial charge in [-0.2, -0.15) is 0 Å². The van der Waals surface area contributed by atoms with Crippen molar-refractivity contribution in [2.45, 2.75) is 51.2 Å². The van der Waals surface area contributed by atoms with Gasteiger partial charge in [-0.3, -0.25) is 0 Å². The van der Waals surface area contributed by atoms with E-state index in [2.05, 4.69) is 11.8 Å². The molecule has 2 rings (SSSR count). The first-order chi connectivity index (χ1) is 10.3. The van der Waals surface area contributed by atoms with E-state index in [4.69, 9.17) is 14.6 Å². The minimum absolute atomic E-state index is 0.0943. The van der Waals surface area contributed by atoms with E-state index in [0.717, 1.165) is 29.7 Å². The number of benzene rings is 1. The van der Waals surface area contributed by atoms with Gasteiger partial charge in [0.1, 0.15) is 5.75 Å². The van der Waals surface area contributed by atoms with Gasteiger partial charge in [0.25, 0.3) is 0 Å². The van der Waals surface area contributed by atoms with E-state index in [0.29, 0.717) is 19.1 Å². The van der Waals surface area contributed by atoms with Gasteiger partial charge in [-0.05, 0) is 36.6 Å². The van der Waals surface area contributed by atoms with Crippen molar-refractivity contribution in [2.24, 2.45) is 0 Å². The fraction of sp³-hybridized carbons (Fsp3) is 0.556. The second-order valence-electron chi connectivity index (χ2n) is 5.37. The molecule has 1 aliphatic carbocycles. The maximum Gasteiger partial charge on any atom is 0.119 e. The molecule has 3 heteroatoms. The van der Waals surface area contributed by atoms with Crippen LogP contribution in [0.1, 0.15) is 49.7 Å². The molecule has 0 aliphatic heterocycles. The average Bonchev–Trinajstić information content (AvgIpc) is 2.55. The van der Waals surface area contributed by atoms with Crippen molar-refractivity contribution < 1.29 is 14.6 Å². The third kappa shape index (κ3) is 5.08. The predicted octanol–water partition coefficient (Wildman–Crippen LogP) is 3.28. The predicted molar refractivity (Wildman–Crippen MR) is 83.2 cm³/mol. The second-order valence-corrected chi connectivity index (χ2v) is 5.37. The topological polar surface area (TPSA) is 38.7 Å². The summed E-state index contributed by atoms with van der Waals surface area (Å²) in [5.74, 6) is 6.90. The molecule has 0 radical (unpaired) electrons. The monoisotopic (exact) mass is 288 g/mol. The van der Waals surface area contributed by atoms with Crippen LogP contribution in [0.5, 0.6) is 5.75 Å². The maximum atomic E-state index is 8.82. The minimum atomic E-state index is 0.0943. The highest BCUT2D eigenvalue weighted by Gasteiger charge is 2.14. The quantitative estimate of drug-likeness (QED) is 0.845. The van der Waals surface area contributed by atoms with E-state index in [9.17, 15) is 0 Å². The summed E-state index contributed by atoms with van der Waals surface area (Å²) in [6, 6.07) is 5.86. The van der Waals surface area contributed by atoms with Crippen LogP contribution in [0.25, 0.3) is 0 Å². The molecule has 0 saturated heterocycles. The Morgan fingerprint density at radius 1 is 1.24 bits per heavy atom. The van der Waals surface area contributed by atoms with E-state index in [1.807, 2.05) is 18.2 Å². The summed E-state index contributed by atoms with van der Waals surface area (Å²) in [4.78, 5) is 0. The fourth-order valence-electron chi connectivity index (χ4n) is 2.59. The van der Waals surface area contributed by atoms with Gasteiger partial charge in [-0.15, -0.1) is 0 Å². The lowest BCUT2D eigenvalue weighted by atomic mass is 9.98. The molecule has 0 aromatic heterocycles. The molecule has 1 N–H and O–H groups in total. The molecule has 3 nitrogen and oxygen atoms in total. The Labute approximate surface area is 127 Å². The summed E-state index contributed by atoms with van der Waals surface area (Å²) >= 11 is 0. The zero-order valence-corrected chi connectivity index (χ0v) is 12.7. The van der Waals surface area contributed by atoms with E-state index < -0.39 is 0 Å². The smallest absolute Gasteiger partial charge is 0.119 e. The van der Waals surface area contributed by atoms with Crippen molar-refractivity contribution in [2.75, 3.05) is 13.7 Å². The first-order valence-electron chi connectivity index (χ1n) is 7.71. The first-order valence-corrected chi connectivity index (χ1v) is 7.71. The Morgan fingerprint density at radius 2 is 2.05 bits per heavy atom. The summed E-state index contributed by atoms with van der Waals surface area (Å²) in [7, 11) is 1.66. The van der Waals surface area contributed by atoms with Crippen molar-refractivity contribution in [1.29, 1.82) is 0 Å². The number of aliphatic hydroxyl groups is 1. The molecule has 0 spiro atoms. The average molecular weight is 288 g/mol. The minimum Gasteiger partial charge on any atom is -0.497 e. The fourth-order valence-corrected chi connectivity index (χ4v) is 2.59. The van der Waals surface area contributed by atoms with Gasteiger partial charge in [0.15, 0.2) is 0 Å². The highest BCUT2D eigenvalue weighted by Crippen LogP contribution is 2.23. The largest absolute Gasteiger partial charge is 0.497 e. The number of methoxy groups -OCH3 is 1. The Balaban J connectivity index is 2.05. The molecule has 0 heterocycles. The molecule has 0 unspecified atom stereocenters. The van der Waals surface area contributed by atoms with Crippen molar-refractivity contribution in [3.8, 4) is 17.6 Å². The summed E-state index contributed by atoms with van der Waals surface area (Å²) in [6.45, 7) is 0.669. The molecule has 21 heavy (non-hydrogen) atoms. The molecule has 1 aromatic carbocycles. The van der Waals surface area contributed by atoms with Gasteiger partial charge in [-0.1, -0.05) is 31.1 Å². The van der Waals surface area contributed by atoms with Gasteiger partial charge in [0.2, 0.25) is 0 Å². The van der Waals surface area contributed by atoms with Gasteiger partial charge in [0.05, 0.1) is 26.4 Å². The third-order valence-corrected chi connectivity index (χ3v) is 3.80. The van der Waals surface area contributed by atoms with Crippen LogP contribution in [0.4, 0.5) is 0 Å². The first kappa shape index (κ1) is 15.9. The Bertz CT molecular complexity index is 493. The van der Waals surface area contributed by atoms with Gasteiger partial charge < -0.3 is 14.6 Å². The van der Waals surface area contributed by atoms with Crippen molar-refractivity contribution in [3.63, 3.8) is 0 Å². The van der Waals surface area contributed by atoms with Gasteiger partial charge in [0, 0.05) is 12.0 Å². The SMILES string of the molecule is COc1ccc(C#CCCO)c(COC2CCCCC2)c1. The molecule has 114 valence electrons. The van der Waals surface area contributed by atoms with Crippen molar-refractivity contribution >= 4 is 0 Å². The normalized spacial score (nSPS) is 15.3. The number of aliphatic hydroxyl groups excluding tert-OH is 1. The summed E-state index contributed by atoms with van der Waals surface area (Å²) in [5.41, 5.74) is 2.02. The molecular formula is C18H24O3. The Hall–Kier alpha value is -1.50. The number of hydrogen-bond donors (Lipinski definition) is 1. The summed E-state index contributed by atoms with van der Waals surface area (Å²) < 4.78 is 11.3. The van der Waals surface area contributed by atoms with Crippen molar-refractivity contribution in [1.82, 2.24) is 0 Å². The Kier molecular flexibility index (Phi) is 6.59. The molecule has 1 saturated carbocycles. The van der Waals surface area contributed by atoms with Crippen LogP contribution in [0.2, 0.25) is 0 Å². The molecular weight excluding hydrogens is 264 g/mol. The Morgan fingerprint density at radius 3 is 2.76 bits per heavy atom. The molecule has 1 aromatic rings. The zero-order valence-electron chi connectivity index (χ0n) is 12.7. The van der Waals surface area contributed by atoms with E-state index in [1.165, 1.54) is 19.3 Å². The van der Waals surface area contributed by atoms with E-state index in [1.54, 1.807) is 7.11 Å². The lowest BCUT2D eigenvalue weighted by molar-refractivity contribution is 0.0167. The molecule has 0 amide bonds. The van der Waals surface area contributed by atoms with E-state index >= 15 is 0 Å². The van der Waals surface area contributed by atoms with Crippen molar-refractivity contribution in [3.05, 3.63) is 29.3 Å². The summed E-state index contributed by atoms with van der Waals surface area (Å²) in [6.07, 6.45) is 7.07. The lowest BCUT2D eigenvalue weighted by Crippen LogP contribution is -2.16. The molecule has 0 bridgehead atoms. The second kappa shape index (κ2) is 8.71. The highest BCUT2D eigenvalue weighted by atomic mass is 16.5. The van der Waals surface area contributed by atoms with Crippen LogP contribution in [0.15, 0.2) is 18.2 Å². The van der Waals surface area contributed by atoms with Gasteiger partial charge in [-0.25, -0.2) is 0 Å². The van der Waals surface area contributed by atoms with Crippen LogP contribution < -0.4 is 4.74 Å². The number of hydrogen-bond acceptors (Lipinski definition) is 3. The number of rotatable bonds is 5.